The third-order valence-corrected chi connectivity index (χ3v) is 3.28. The second kappa shape index (κ2) is 6.90. The molecule has 0 fully saturated rings. The fraction of sp³-hybridized carbons (Fsp3) is 0.333. The van der Waals surface area contributed by atoms with Gasteiger partial charge in [0.1, 0.15) is 0 Å². The van der Waals surface area contributed by atoms with Crippen molar-refractivity contribution >= 4 is 17.7 Å². The standard InChI is InChI=1S/C15H19N3O3/c1-16-9-10-3-2-4-12(7-10)17-15(21)18-13-6-5-11(8-13)14(19)20/h2-7,11,13,16H,8-9H2,1H3,(H,19,20)(H2,17,18,21). The minimum Gasteiger partial charge on any atom is -0.481 e. The predicted molar refractivity (Wildman–Crippen MR) is 80.0 cm³/mol. The van der Waals surface area contributed by atoms with Crippen LogP contribution in [-0.4, -0.2) is 30.2 Å². The average molecular weight is 289 g/mol. The third kappa shape index (κ3) is 4.32. The van der Waals surface area contributed by atoms with Crippen LogP contribution in [0.2, 0.25) is 0 Å². The second-order valence-electron chi connectivity index (χ2n) is 5.00. The Morgan fingerprint density at radius 2 is 2.14 bits per heavy atom. The molecule has 2 amide bonds. The van der Waals surface area contributed by atoms with E-state index in [9.17, 15) is 9.59 Å². The number of carbonyl (C=O) groups excluding carboxylic acids is 1. The molecule has 112 valence electrons. The molecule has 6 heteroatoms. The maximum Gasteiger partial charge on any atom is 0.319 e. The van der Waals surface area contributed by atoms with Gasteiger partial charge in [-0.05, 0) is 31.2 Å². The highest BCUT2D eigenvalue weighted by molar-refractivity contribution is 5.89. The van der Waals surface area contributed by atoms with Crippen LogP contribution in [0.4, 0.5) is 10.5 Å². The van der Waals surface area contributed by atoms with Crippen molar-refractivity contribution < 1.29 is 14.7 Å². The van der Waals surface area contributed by atoms with Crippen molar-refractivity contribution in [2.24, 2.45) is 5.92 Å². The van der Waals surface area contributed by atoms with E-state index in [0.29, 0.717) is 12.1 Å². The van der Waals surface area contributed by atoms with E-state index in [-0.39, 0.29) is 12.1 Å². The van der Waals surface area contributed by atoms with Crippen molar-refractivity contribution in [3.8, 4) is 0 Å². The summed E-state index contributed by atoms with van der Waals surface area (Å²) in [5.74, 6) is -1.38. The van der Waals surface area contributed by atoms with Crippen LogP contribution in [0.3, 0.4) is 0 Å². The molecule has 0 aliphatic heterocycles. The lowest BCUT2D eigenvalue weighted by molar-refractivity contribution is -0.140. The van der Waals surface area contributed by atoms with Crippen molar-refractivity contribution in [2.45, 2.75) is 19.0 Å². The number of anilines is 1. The number of amides is 2. The van der Waals surface area contributed by atoms with Crippen LogP contribution < -0.4 is 16.0 Å². The Morgan fingerprint density at radius 1 is 1.33 bits per heavy atom. The number of rotatable bonds is 5. The molecule has 0 saturated heterocycles. The minimum atomic E-state index is -0.865. The van der Waals surface area contributed by atoms with Crippen molar-refractivity contribution in [1.29, 1.82) is 0 Å². The van der Waals surface area contributed by atoms with E-state index in [2.05, 4.69) is 16.0 Å². The zero-order chi connectivity index (χ0) is 15.2. The van der Waals surface area contributed by atoms with Crippen LogP contribution in [0.1, 0.15) is 12.0 Å². The Hall–Kier alpha value is -2.34. The normalized spacial score (nSPS) is 20.2. The van der Waals surface area contributed by atoms with Gasteiger partial charge in [-0.15, -0.1) is 0 Å². The summed E-state index contributed by atoms with van der Waals surface area (Å²) in [5, 5.41) is 17.4. The summed E-state index contributed by atoms with van der Waals surface area (Å²) >= 11 is 0. The molecule has 0 saturated carbocycles. The highest BCUT2D eigenvalue weighted by atomic mass is 16.4. The van der Waals surface area contributed by atoms with E-state index in [1.807, 2.05) is 31.3 Å². The van der Waals surface area contributed by atoms with Crippen molar-refractivity contribution in [1.82, 2.24) is 10.6 Å². The zero-order valence-corrected chi connectivity index (χ0v) is 11.8. The SMILES string of the molecule is CNCc1cccc(NC(=O)NC2C=CC(C(=O)O)C2)c1. The van der Waals surface area contributed by atoms with Gasteiger partial charge in [-0.3, -0.25) is 4.79 Å². The average Bonchev–Trinajstić information content (AvgIpc) is 2.88. The summed E-state index contributed by atoms with van der Waals surface area (Å²) in [6.07, 6.45) is 3.72. The number of carbonyl (C=O) groups is 2. The first-order valence-corrected chi connectivity index (χ1v) is 6.80. The second-order valence-corrected chi connectivity index (χ2v) is 5.00. The number of nitrogens with one attached hydrogen (secondary N) is 3. The Labute approximate surface area is 123 Å². The first-order chi connectivity index (χ1) is 10.1. The molecule has 2 unspecified atom stereocenters. The molecule has 21 heavy (non-hydrogen) atoms. The molecule has 0 radical (unpaired) electrons. The van der Waals surface area contributed by atoms with E-state index >= 15 is 0 Å². The number of carboxylic acids is 1. The predicted octanol–water partition coefficient (Wildman–Crippen LogP) is 1.56. The highest BCUT2D eigenvalue weighted by Crippen LogP contribution is 2.18. The summed E-state index contributed by atoms with van der Waals surface area (Å²) < 4.78 is 0. The molecule has 1 aliphatic rings. The smallest absolute Gasteiger partial charge is 0.319 e. The largest absolute Gasteiger partial charge is 0.481 e. The number of carboxylic acid groups (broad SMARTS) is 1. The van der Waals surface area contributed by atoms with Gasteiger partial charge >= 0.3 is 12.0 Å². The number of urea groups is 1. The summed E-state index contributed by atoms with van der Waals surface area (Å²) in [7, 11) is 1.86. The lowest BCUT2D eigenvalue weighted by Crippen LogP contribution is -2.36. The van der Waals surface area contributed by atoms with Gasteiger partial charge in [0, 0.05) is 12.2 Å². The Bertz CT molecular complexity index is 557. The molecule has 0 heterocycles. The lowest BCUT2D eigenvalue weighted by Gasteiger charge is -2.13. The van der Waals surface area contributed by atoms with E-state index in [0.717, 1.165) is 12.1 Å². The van der Waals surface area contributed by atoms with E-state index in [1.54, 1.807) is 12.2 Å². The zero-order valence-electron chi connectivity index (χ0n) is 11.8. The molecule has 0 bridgehead atoms. The summed E-state index contributed by atoms with van der Waals surface area (Å²) in [4.78, 5) is 22.7. The molecule has 1 aliphatic carbocycles. The first kappa shape index (κ1) is 15.1. The Balaban J connectivity index is 1.86. The van der Waals surface area contributed by atoms with Crippen LogP contribution in [0.25, 0.3) is 0 Å². The van der Waals surface area contributed by atoms with Gasteiger partial charge in [0.15, 0.2) is 0 Å². The van der Waals surface area contributed by atoms with Crippen LogP contribution in [0.5, 0.6) is 0 Å². The highest BCUT2D eigenvalue weighted by Gasteiger charge is 2.25. The van der Waals surface area contributed by atoms with Crippen LogP contribution in [-0.2, 0) is 11.3 Å². The molecule has 1 aromatic rings. The van der Waals surface area contributed by atoms with Gasteiger partial charge in [0.05, 0.1) is 12.0 Å². The van der Waals surface area contributed by atoms with Crippen LogP contribution >= 0.6 is 0 Å². The molecule has 2 atom stereocenters. The number of aliphatic carboxylic acids is 1. The quantitative estimate of drug-likeness (QED) is 0.619. The van der Waals surface area contributed by atoms with Crippen molar-refractivity contribution in [3.63, 3.8) is 0 Å². The van der Waals surface area contributed by atoms with Gasteiger partial charge in [-0.2, -0.15) is 0 Å². The lowest BCUT2D eigenvalue weighted by atomic mass is 10.1. The molecule has 6 nitrogen and oxygen atoms in total. The van der Waals surface area contributed by atoms with Gasteiger partial charge in [0.2, 0.25) is 0 Å². The fourth-order valence-electron chi connectivity index (χ4n) is 2.29. The monoisotopic (exact) mass is 289 g/mol. The fourth-order valence-corrected chi connectivity index (χ4v) is 2.29. The molecular weight excluding hydrogens is 270 g/mol. The van der Waals surface area contributed by atoms with Gasteiger partial charge < -0.3 is 21.1 Å². The van der Waals surface area contributed by atoms with Crippen molar-refractivity contribution in [3.05, 3.63) is 42.0 Å². The third-order valence-electron chi connectivity index (χ3n) is 3.28. The molecule has 0 aromatic heterocycles. The Kier molecular flexibility index (Phi) is 4.94. The maximum atomic E-state index is 11.9. The molecule has 4 N–H and O–H groups in total. The number of benzene rings is 1. The summed E-state index contributed by atoms with van der Waals surface area (Å²) in [6, 6.07) is 6.96. The summed E-state index contributed by atoms with van der Waals surface area (Å²) in [6.45, 7) is 0.725. The minimum absolute atomic E-state index is 0.244. The van der Waals surface area contributed by atoms with E-state index in [4.69, 9.17) is 5.11 Å². The maximum absolute atomic E-state index is 11.9. The molecule has 0 spiro atoms. The van der Waals surface area contributed by atoms with E-state index < -0.39 is 11.9 Å². The van der Waals surface area contributed by atoms with Gasteiger partial charge in [0.25, 0.3) is 0 Å². The van der Waals surface area contributed by atoms with Gasteiger partial charge in [-0.25, -0.2) is 4.79 Å². The Morgan fingerprint density at radius 3 is 2.81 bits per heavy atom. The van der Waals surface area contributed by atoms with Crippen LogP contribution in [0.15, 0.2) is 36.4 Å². The van der Waals surface area contributed by atoms with Crippen LogP contribution in [0, 0.1) is 5.92 Å². The topological polar surface area (TPSA) is 90.5 Å². The number of hydrogen-bond acceptors (Lipinski definition) is 3. The van der Waals surface area contributed by atoms with Crippen molar-refractivity contribution in [2.75, 3.05) is 12.4 Å². The molecule has 2 rings (SSSR count). The number of hydrogen-bond donors (Lipinski definition) is 4. The van der Waals surface area contributed by atoms with Gasteiger partial charge in [-0.1, -0.05) is 24.3 Å². The summed E-state index contributed by atoms with van der Waals surface area (Å²) in [5.41, 5.74) is 1.78. The molecule has 1 aromatic carbocycles. The molecular formula is C15H19N3O3. The van der Waals surface area contributed by atoms with E-state index in [1.165, 1.54) is 0 Å². The first-order valence-electron chi connectivity index (χ1n) is 6.80.